The Hall–Kier alpha value is -3.35. The molecule has 0 aliphatic heterocycles. The van der Waals surface area contributed by atoms with Crippen LogP contribution in [-0.2, 0) is 9.59 Å². The number of aryl methyl sites for hydroxylation is 2. The third-order valence-electron chi connectivity index (χ3n) is 3.98. The molecule has 0 atom stereocenters. The minimum Gasteiger partial charge on any atom is -0.504 e. The molecule has 0 bridgehead atoms. The van der Waals surface area contributed by atoms with Gasteiger partial charge in [0.15, 0.2) is 11.5 Å². The van der Waals surface area contributed by atoms with Gasteiger partial charge in [-0.15, -0.1) is 0 Å². The maximum absolute atomic E-state index is 11.9. The number of nitrogens with zero attached hydrogens (tertiary/aromatic N) is 1. The number of carbonyl (C=O) groups is 2. The van der Waals surface area contributed by atoms with E-state index in [0.29, 0.717) is 17.0 Å². The summed E-state index contributed by atoms with van der Waals surface area (Å²) in [5.74, 6) is -0.269. The molecular weight excluding hydrogens is 346 g/mol. The first-order valence-corrected chi connectivity index (χ1v) is 8.45. The number of anilines is 1. The summed E-state index contributed by atoms with van der Waals surface area (Å²) in [5.41, 5.74) is 5.97. The maximum Gasteiger partial charge on any atom is 0.240 e. The fraction of sp³-hybridized carbons (Fsp3) is 0.250. The summed E-state index contributed by atoms with van der Waals surface area (Å²) in [6.45, 7) is 3.97. The van der Waals surface area contributed by atoms with Crippen LogP contribution in [0.3, 0.4) is 0 Å². The summed E-state index contributed by atoms with van der Waals surface area (Å²) in [5, 5.41) is 16.1. The third-order valence-corrected chi connectivity index (χ3v) is 3.98. The van der Waals surface area contributed by atoms with Crippen molar-refractivity contribution in [3.8, 4) is 11.5 Å². The SMILES string of the molecule is COc1cc(/C=N/NC(=O)CCC(=O)Nc2ccc(C)c(C)c2)ccc1O. The molecule has 0 heterocycles. The van der Waals surface area contributed by atoms with Crippen molar-refractivity contribution in [1.82, 2.24) is 5.43 Å². The molecule has 142 valence electrons. The van der Waals surface area contributed by atoms with Crippen molar-refractivity contribution >= 4 is 23.7 Å². The average molecular weight is 369 g/mol. The van der Waals surface area contributed by atoms with Crippen molar-refractivity contribution in [3.05, 3.63) is 53.1 Å². The number of phenolic OH excluding ortho intramolecular Hbond substituents is 1. The molecule has 7 nitrogen and oxygen atoms in total. The quantitative estimate of drug-likeness (QED) is 0.516. The molecule has 0 spiro atoms. The Morgan fingerprint density at radius 3 is 2.52 bits per heavy atom. The highest BCUT2D eigenvalue weighted by Gasteiger charge is 2.07. The Morgan fingerprint density at radius 2 is 1.81 bits per heavy atom. The van der Waals surface area contributed by atoms with Gasteiger partial charge in [0.05, 0.1) is 13.3 Å². The van der Waals surface area contributed by atoms with E-state index in [9.17, 15) is 14.7 Å². The molecule has 0 fully saturated rings. The number of hydrazone groups is 1. The van der Waals surface area contributed by atoms with E-state index in [4.69, 9.17) is 4.74 Å². The molecule has 0 radical (unpaired) electrons. The van der Waals surface area contributed by atoms with E-state index in [1.54, 1.807) is 12.1 Å². The van der Waals surface area contributed by atoms with Crippen LogP contribution in [0.5, 0.6) is 11.5 Å². The first-order chi connectivity index (χ1) is 12.9. The number of benzene rings is 2. The van der Waals surface area contributed by atoms with Crippen LogP contribution in [0.25, 0.3) is 0 Å². The average Bonchev–Trinajstić information content (AvgIpc) is 2.64. The number of amides is 2. The van der Waals surface area contributed by atoms with Gasteiger partial charge in [-0.05, 0) is 60.9 Å². The second-order valence-corrected chi connectivity index (χ2v) is 6.07. The number of methoxy groups -OCH3 is 1. The zero-order valence-electron chi connectivity index (χ0n) is 15.6. The van der Waals surface area contributed by atoms with E-state index < -0.39 is 0 Å². The number of phenols is 1. The van der Waals surface area contributed by atoms with Gasteiger partial charge in [0.1, 0.15) is 0 Å². The Balaban J connectivity index is 1.78. The number of hydrogen-bond acceptors (Lipinski definition) is 5. The lowest BCUT2D eigenvalue weighted by Gasteiger charge is -2.07. The Bertz CT molecular complexity index is 862. The van der Waals surface area contributed by atoms with Crippen molar-refractivity contribution in [2.75, 3.05) is 12.4 Å². The molecular formula is C20H23N3O4. The van der Waals surface area contributed by atoms with Gasteiger partial charge in [-0.25, -0.2) is 5.43 Å². The molecule has 2 rings (SSSR count). The number of ether oxygens (including phenoxy) is 1. The summed E-state index contributed by atoms with van der Waals surface area (Å²) in [7, 11) is 1.45. The van der Waals surface area contributed by atoms with Crippen LogP contribution < -0.4 is 15.5 Å². The van der Waals surface area contributed by atoms with E-state index >= 15 is 0 Å². The van der Waals surface area contributed by atoms with Crippen LogP contribution in [0, 0.1) is 13.8 Å². The Labute approximate surface area is 158 Å². The predicted octanol–water partition coefficient (Wildman–Crippen LogP) is 2.89. The molecule has 27 heavy (non-hydrogen) atoms. The molecule has 0 saturated heterocycles. The number of hydrogen-bond donors (Lipinski definition) is 3. The number of rotatable bonds is 7. The summed E-state index contributed by atoms with van der Waals surface area (Å²) >= 11 is 0. The van der Waals surface area contributed by atoms with Crippen molar-refractivity contribution in [3.63, 3.8) is 0 Å². The van der Waals surface area contributed by atoms with Gasteiger partial charge < -0.3 is 15.2 Å². The van der Waals surface area contributed by atoms with Crippen LogP contribution in [0.15, 0.2) is 41.5 Å². The van der Waals surface area contributed by atoms with Gasteiger partial charge in [-0.3, -0.25) is 9.59 Å². The monoisotopic (exact) mass is 369 g/mol. The third kappa shape index (κ3) is 6.14. The molecule has 0 aliphatic carbocycles. The molecule has 0 unspecified atom stereocenters. The molecule has 0 aliphatic rings. The lowest BCUT2D eigenvalue weighted by atomic mass is 10.1. The topological polar surface area (TPSA) is 100 Å². The molecule has 2 aromatic rings. The zero-order chi connectivity index (χ0) is 19.8. The van der Waals surface area contributed by atoms with Crippen molar-refractivity contribution < 1.29 is 19.4 Å². The van der Waals surface area contributed by atoms with Gasteiger partial charge in [0.2, 0.25) is 11.8 Å². The van der Waals surface area contributed by atoms with Gasteiger partial charge in [0, 0.05) is 18.5 Å². The van der Waals surface area contributed by atoms with Crippen molar-refractivity contribution in [1.29, 1.82) is 0 Å². The van der Waals surface area contributed by atoms with E-state index in [1.165, 1.54) is 19.4 Å². The largest absolute Gasteiger partial charge is 0.504 e. The second kappa shape index (κ2) is 9.38. The number of nitrogens with one attached hydrogen (secondary N) is 2. The molecule has 2 aromatic carbocycles. The highest BCUT2D eigenvalue weighted by Crippen LogP contribution is 2.25. The second-order valence-electron chi connectivity index (χ2n) is 6.07. The lowest BCUT2D eigenvalue weighted by Crippen LogP contribution is -2.20. The first-order valence-electron chi connectivity index (χ1n) is 8.45. The number of carbonyl (C=O) groups excluding carboxylic acids is 2. The predicted molar refractivity (Wildman–Crippen MR) is 104 cm³/mol. The Morgan fingerprint density at radius 1 is 1.07 bits per heavy atom. The van der Waals surface area contributed by atoms with E-state index in [-0.39, 0.29) is 30.4 Å². The summed E-state index contributed by atoms with van der Waals surface area (Å²) in [6, 6.07) is 10.3. The highest BCUT2D eigenvalue weighted by molar-refractivity contribution is 5.93. The van der Waals surface area contributed by atoms with E-state index in [0.717, 1.165) is 11.1 Å². The molecule has 7 heteroatoms. The highest BCUT2D eigenvalue weighted by atomic mass is 16.5. The van der Waals surface area contributed by atoms with Crippen LogP contribution in [-0.4, -0.2) is 30.2 Å². The van der Waals surface area contributed by atoms with E-state index in [2.05, 4.69) is 15.8 Å². The van der Waals surface area contributed by atoms with Gasteiger partial charge in [-0.2, -0.15) is 5.10 Å². The first kappa shape index (κ1) is 20.0. The van der Waals surface area contributed by atoms with Crippen molar-refractivity contribution in [2.45, 2.75) is 26.7 Å². The van der Waals surface area contributed by atoms with Gasteiger partial charge in [0.25, 0.3) is 0 Å². The van der Waals surface area contributed by atoms with Crippen LogP contribution in [0.1, 0.15) is 29.5 Å². The van der Waals surface area contributed by atoms with E-state index in [1.807, 2.05) is 32.0 Å². The Kier molecular flexibility index (Phi) is 6.93. The zero-order valence-corrected chi connectivity index (χ0v) is 15.6. The minimum atomic E-state index is -0.368. The van der Waals surface area contributed by atoms with Crippen LogP contribution >= 0.6 is 0 Å². The summed E-state index contributed by atoms with van der Waals surface area (Å²) in [6.07, 6.45) is 1.50. The van der Waals surface area contributed by atoms with Gasteiger partial charge >= 0.3 is 0 Å². The maximum atomic E-state index is 11.9. The minimum absolute atomic E-state index is 0.0207. The van der Waals surface area contributed by atoms with Crippen LogP contribution in [0.4, 0.5) is 5.69 Å². The normalized spacial score (nSPS) is 10.6. The van der Waals surface area contributed by atoms with Gasteiger partial charge in [-0.1, -0.05) is 6.07 Å². The molecule has 3 N–H and O–H groups in total. The van der Waals surface area contributed by atoms with Crippen LogP contribution in [0.2, 0.25) is 0 Å². The number of aromatic hydroxyl groups is 1. The molecule has 0 saturated carbocycles. The smallest absolute Gasteiger partial charge is 0.240 e. The molecule has 2 amide bonds. The molecule has 0 aromatic heterocycles. The summed E-state index contributed by atoms with van der Waals surface area (Å²) < 4.78 is 5.00. The standard InChI is InChI=1S/C20H23N3O4/c1-13-4-6-16(10-14(13)2)22-19(25)8-9-20(26)23-21-12-15-5-7-17(24)18(11-15)27-3/h4-7,10-12,24H,8-9H2,1-3H3,(H,22,25)(H,23,26)/b21-12+. The van der Waals surface area contributed by atoms with Crippen molar-refractivity contribution in [2.24, 2.45) is 5.10 Å². The lowest BCUT2D eigenvalue weighted by molar-refractivity contribution is -0.124. The summed E-state index contributed by atoms with van der Waals surface area (Å²) in [4.78, 5) is 23.7. The fourth-order valence-corrected chi connectivity index (χ4v) is 2.28. The fourth-order valence-electron chi connectivity index (χ4n) is 2.28.